The van der Waals surface area contributed by atoms with E-state index in [0.717, 1.165) is 48.9 Å². The predicted octanol–water partition coefficient (Wildman–Crippen LogP) is 6.53. The third-order valence-corrected chi connectivity index (χ3v) is 9.12. The molecule has 0 bridgehead atoms. The number of hydrogen-bond acceptors (Lipinski definition) is 8. The minimum Gasteiger partial charge on any atom is -0.481 e. The molecule has 5 rings (SSSR count). The van der Waals surface area contributed by atoms with Crippen molar-refractivity contribution in [3.05, 3.63) is 82.1 Å². The number of halogens is 2. The van der Waals surface area contributed by atoms with Crippen LogP contribution in [0.4, 0.5) is 8.78 Å². The van der Waals surface area contributed by atoms with Gasteiger partial charge in [0.1, 0.15) is 12.7 Å². The summed E-state index contributed by atoms with van der Waals surface area (Å²) in [5.74, 6) is -1.87. The zero-order valence-corrected chi connectivity index (χ0v) is 23.8. The Morgan fingerprint density at radius 2 is 1.62 bits per heavy atom. The lowest BCUT2D eigenvalue weighted by Crippen LogP contribution is -2.24. The highest BCUT2D eigenvalue weighted by Crippen LogP contribution is 2.36. The van der Waals surface area contributed by atoms with Crippen LogP contribution in [0.5, 0.6) is 11.8 Å². The molecule has 2 aromatic heterocycles. The Labute approximate surface area is 236 Å². The van der Waals surface area contributed by atoms with Gasteiger partial charge < -0.3 is 9.47 Å². The Morgan fingerprint density at radius 1 is 0.975 bits per heavy atom. The van der Waals surface area contributed by atoms with Crippen LogP contribution in [0, 0.1) is 11.6 Å². The zero-order valence-electron chi connectivity index (χ0n) is 22.1. The molecule has 0 spiro atoms. The Hall–Kier alpha value is -3.44. The summed E-state index contributed by atoms with van der Waals surface area (Å²) >= 11 is 1.52. The van der Waals surface area contributed by atoms with E-state index >= 15 is 0 Å². The summed E-state index contributed by atoms with van der Waals surface area (Å²) in [6.45, 7) is 1.99. The fourth-order valence-electron chi connectivity index (χ4n) is 4.64. The van der Waals surface area contributed by atoms with Crippen LogP contribution in [0.1, 0.15) is 54.8 Å². The summed E-state index contributed by atoms with van der Waals surface area (Å²) in [6.07, 6.45) is 9.21. The molecular weight excluding hydrogens is 556 g/mol. The number of benzene rings is 2. The summed E-state index contributed by atoms with van der Waals surface area (Å²) < 4.78 is 64.3. The quantitative estimate of drug-likeness (QED) is 0.221. The number of aromatic nitrogens is 3. The van der Waals surface area contributed by atoms with Crippen LogP contribution in [-0.2, 0) is 22.9 Å². The van der Waals surface area contributed by atoms with E-state index in [9.17, 15) is 17.2 Å². The smallest absolute Gasteiger partial charge is 0.316 e. The Balaban J connectivity index is 1.16. The molecule has 7 nitrogen and oxygen atoms in total. The van der Waals surface area contributed by atoms with Crippen LogP contribution in [0.25, 0.3) is 11.1 Å². The maximum atomic E-state index is 14.8. The van der Waals surface area contributed by atoms with Crippen LogP contribution < -0.4 is 9.47 Å². The van der Waals surface area contributed by atoms with Crippen molar-refractivity contribution < 1.29 is 26.7 Å². The molecule has 0 N–H and O–H groups in total. The number of rotatable bonds is 9. The monoisotopic (exact) mass is 585 g/mol. The van der Waals surface area contributed by atoms with E-state index in [2.05, 4.69) is 21.9 Å². The SMILES string of the molecule is CCc1cnc(OC2CCC(c3nc(COc4c(F)cc(-c5ccc(S(C)(=O)=O)cc5)cc4F)cs3)CC2)nc1. The molecule has 11 heteroatoms. The number of sulfone groups is 1. The molecule has 1 fully saturated rings. The van der Waals surface area contributed by atoms with Crippen molar-refractivity contribution in [1.82, 2.24) is 15.0 Å². The van der Waals surface area contributed by atoms with Gasteiger partial charge in [0.2, 0.25) is 0 Å². The molecule has 40 heavy (non-hydrogen) atoms. The maximum Gasteiger partial charge on any atom is 0.316 e. The lowest BCUT2D eigenvalue weighted by molar-refractivity contribution is 0.134. The second-order valence-electron chi connectivity index (χ2n) is 9.85. The predicted molar refractivity (Wildman–Crippen MR) is 148 cm³/mol. The average Bonchev–Trinajstić information content (AvgIpc) is 3.42. The van der Waals surface area contributed by atoms with Gasteiger partial charge >= 0.3 is 6.01 Å². The molecular formula is C29H29F2N3O4S2. The number of hydrogen-bond donors (Lipinski definition) is 0. The molecule has 1 aliphatic rings. The topological polar surface area (TPSA) is 91.3 Å². The lowest BCUT2D eigenvalue weighted by Gasteiger charge is -2.27. The van der Waals surface area contributed by atoms with Crippen molar-refractivity contribution in [2.75, 3.05) is 6.26 Å². The zero-order chi connectivity index (χ0) is 28.3. The van der Waals surface area contributed by atoms with Gasteiger partial charge in [-0.25, -0.2) is 32.2 Å². The molecule has 0 amide bonds. The van der Waals surface area contributed by atoms with Crippen molar-refractivity contribution in [2.24, 2.45) is 0 Å². The number of ether oxygens (including phenoxy) is 2. The molecule has 2 heterocycles. The minimum atomic E-state index is -3.36. The second kappa shape index (κ2) is 12.0. The fraction of sp³-hybridized carbons (Fsp3) is 0.345. The van der Waals surface area contributed by atoms with Gasteiger partial charge in [-0.15, -0.1) is 11.3 Å². The first-order chi connectivity index (χ1) is 19.2. The minimum absolute atomic E-state index is 0.0592. The van der Waals surface area contributed by atoms with Crippen molar-refractivity contribution in [3.63, 3.8) is 0 Å². The highest BCUT2D eigenvalue weighted by molar-refractivity contribution is 7.90. The standard InChI is InChI=1S/C29H29F2N3O4S2/c1-3-18-14-32-29(33-15-18)38-23-8-4-20(5-9-23)28-34-22(17-39-28)16-37-27-25(30)12-21(13-26(27)31)19-6-10-24(11-7-19)40(2,35)36/h6-7,10-15,17,20,23H,3-5,8-9,16H2,1-2H3. The Kier molecular flexibility index (Phi) is 8.41. The molecule has 1 aliphatic carbocycles. The first-order valence-electron chi connectivity index (χ1n) is 13.0. The van der Waals surface area contributed by atoms with Gasteiger partial charge in [-0.1, -0.05) is 19.1 Å². The number of thiazole rings is 1. The molecule has 0 saturated heterocycles. The van der Waals surface area contributed by atoms with E-state index in [4.69, 9.17) is 9.47 Å². The van der Waals surface area contributed by atoms with Crippen molar-refractivity contribution in [3.8, 4) is 22.9 Å². The first-order valence-corrected chi connectivity index (χ1v) is 15.8. The molecule has 0 atom stereocenters. The van der Waals surface area contributed by atoms with Crippen molar-refractivity contribution in [2.45, 2.75) is 62.6 Å². The van der Waals surface area contributed by atoms with E-state index in [0.29, 0.717) is 23.2 Å². The van der Waals surface area contributed by atoms with Gasteiger partial charge in [0.15, 0.2) is 27.2 Å². The Bertz CT molecular complexity index is 1540. The van der Waals surface area contributed by atoms with Gasteiger partial charge in [0.05, 0.1) is 15.6 Å². The van der Waals surface area contributed by atoms with E-state index in [-0.39, 0.29) is 23.2 Å². The molecule has 2 aromatic carbocycles. The molecule has 0 radical (unpaired) electrons. The lowest BCUT2D eigenvalue weighted by atomic mass is 9.88. The first kappa shape index (κ1) is 28.1. The summed E-state index contributed by atoms with van der Waals surface area (Å²) in [5, 5.41) is 2.84. The normalized spacial score (nSPS) is 17.5. The third kappa shape index (κ3) is 6.64. The van der Waals surface area contributed by atoms with E-state index in [1.807, 2.05) is 5.38 Å². The second-order valence-corrected chi connectivity index (χ2v) is 12.8. The van der Waals surface area contributed by atoms with Gasteiger partial charge in [-0.2, -0.15) is 0 Å². The molecule has 1 saturated carbocycles. The Morgan fingerprint density at radius 3 is 2.23 bits per heavy atom. The van der Waals surface area contributed by atoms with E-state index in [1.165, 1.54) is 47.7 Å². The largest absolute Gasteiger partial charge is 0.481 e. The molecule has 210 valence electrons. The van der Waals surface area contributed by atoms with Crippen LogP contribution in [-0.4, -0.2) is 35.7 Å². The van der Waals surface area contributed by atoms with Crippen LogP contribution in [0.15, 0.2) is 59.1 Å². The number of nitrogens with zero attached hydrogens (tertiary/aromatic N) is 3. The van der Waals surface area contributed by atoms with E-state index < -0.39 is 27.2 Å². The van der Waals surface area contributed by atoms with Crippen molar-refractivity contribution >= 4 is 21.2 Å². The molecule has 0 unspecified atom stereocenters. The third-order valence-electron chi connectivity index (χ3n) is 6.93. The number of aryl methyl sites for hydroxylation is 1. The highest BCUT2D eigenvalue weighted by Gasteiger charge is 2.26. The summed E-state index contributed by atoms with van der Waals surface area (Å²) in [7, 11) is -3.36. The van der Waals surface area contributed by atoms with E-state index in [1.54, 1.807) is 12.4 Å². The summed E-state index contributed by atoms with van der Waals surface area (Å²) in [4.78, 5) is 13.4. The maximum absolute atomic E-state index is 14.8. The van der Waals surface area contributed by atoms with Crippen LogP contribution >= 0.6 is 11.3 Å². The average molecular weight is 586 g/mol. The van der Waals surface area contributed by atoms with Gasteiger partial charge in [0.25, 0.3) is 0 Å². The van der Waals surface area contributed by atoms with Crippen LogP contribution in [0.2, 0.25) is 0 Å². The highest BCUT2D eigenvalue weighted by atomic mass is 32.2. The summed E-state index contributed by atoms with van der Waals surface area (Å²) in [6, 6.07) is 8.59. The van der Waals surface area contributed by atoms with Gasteiger partial charge in [-0.3, -0.25) is 0 Å². The summed E-state index contributed by atoms with van der Waals surface area (Å²) in [5.41, 5.74) is 2.45. The van der Waals surface area contributed by atoms with Crippen LogP contribution in [0.3, 0.4) is 0 Å². The van der Waals surface area contributed by atoms with Crippen molar-refractivity contribution in [1.29, 1.82) is 0 Å². The van der Waals surface area contributed by atoms with Gasteiger partial charge in [0, 0.05) is 29.9 Å². The molecule has 4 aromatic rings. The fourth-order valence-corrected chi connectivity index (χ4v) is 6.25. The molecule has 0 aliphatic heterocycles. The van der Waals surface area contributed by atoms with Gasteiger partial charge in [-0.05, 0) is 73.1 Å².